The van der Waals surface area contributed by atoms with E-state index in [1.54, 1.807) is 19.1 Å². The van der Waals surface area contributed by atoms with Gasteiger partial charge in [-0.15, -0.1) is 0 Å². The van der Waals surface area contributed by atoms with Gasteiger partial charge in [-0.05, 0) is 37.3 Å². The summed E-state index contributed by atoms with van der Waals surface area (Å²) in [5.74, 6) is 0.124. The summed E-state index contributed by atoms with van der Waals surface area (Å²) >= 11 is 5.91. The average molecular weight is 301 g/mol. The fraction of sp³-hybridized carbons (Fsp3) is 0.118. The number of carbonyl (C=O) groups is 1. The van der Waals surface area contributed by atoms with Crippen molar-refractivity contribution in [1.82, 2.24) is 0 Å². The zero-order valence-electron chi connectivity index (χ0n) is 11.4. The number of benzene rings is 2. The van der Waals surface area contributed by atoms with Crippen LogP contribution in [0.2, 0.25) is 5.02 Å². The van der Waals surface area contributed by atoms with Crippen LogP contribution in [0.5, 0.6) is 0 Å². The minimum absolute atomic E-state index is 0.318. The molecule has 0 atom stereocenters. The van der Waals surface area contributed by atoms with Crippen LogP contribution in [0.3, 0.4) is 0 Å². The first-order valence-electron chi connectivity index (χ1n) is 6.65. The summed E-state index contributed by atoms with van der Waals surface area (Å²) < 4.78 is 11.0. The number of furan rings is 1. The molecular weight excluding hydrogens is 288 g/mol. The highest BCUT2D eigenvalue weighted by Crippen LogP contribution is 2.34. The predicted molar refractivity (Wildman–Crippen MR) is 82.6 cm³/mol. The van der Waals surface area contributed by atoms with E-state index in [0.717, 1.165) is 10.9 Å². The lowest BCUT2D eigenvalue weighted by molar-refractivity contribution is 0.0529. The highest BCUT2D eigenvalue weighted by molar-refractivity contribution is 6.30. The number of hydrogen-bond donors (Lipinski definition) is 0. The molecule has 1 heterocycles. The maximum atomic E-state index is 12.3. The Morgan fingerprint density at radius 3 is 2.57 bits per heavy atom. The van der Waals surface area contributed by atoms with E-state index in [4.69, 9.17) is 20.8 Å². The third-order valence-corrected chi connectivity index (χ3v) is 3.43. The van der Waals surface area contributed by atoms with E-state index in [9.17, 15) is 4.79 Å². The molecule has 0 N–H and O–H groups in total. The smallest absolute Gasteiger partial charge is 0.342 e. The molecule has 0 amide bonds. The van der Waals surface area contributed by atoms with Crippen LogP contribution in [0.25, 0.3) is 22.3 Å². The molecule has 3 rings (SSSR count). The molecule has 21 heavy (non-hydrogen) atoms. The standard InChI is InChI=1S/C17H13ClO3/c1-2-20-17(19)15-13-5-3-4-6-14(13)21-16(15)11-7-9-12(18)10-8-11/h3-10H,2H2,1H3. The minimum atomic E-state index is -0.382. The quantitative estimate of drug-likeness (QED) is 0.644. The molecule has 1 aromatic heterocycles. The molecule has 4 heteroatoms. The van der Waals surface area contributed by atoms with E-state index in [1.165, 1.54) is 0 Å². The average Bonchev–Trinajstić information content (AvgIpc) is 2.87. The van der Waals surface area contributed by atoms with E-state index in [0.29, 0.717) is 28.5 Å². The molecule has 0 fully saturated rings. The number of para-hydroxylation sites is 1. The number of hydrogen-bond acceptors (Lipinski definition) is 3. The molecule has 2 aromatic carbocycles. The molecule has 0 saturated carbocycles. The number of esters is 1. The van der Waals surface area contributed by atoms with Crippen molar-refractivity contribution in [3.05, 3.63) is 59.1 Å². The largest absolute Gasteiger partial charge is 0.462 e. The van der Waals surface area contributed by atoms with Crippen molar-refractivity contribution < 1.29 is 13.9 Å². The van der Waals surface area contributed by atoms with Gasteiger partial charge in [0.1, 0.15) is 16.9 Å². The van der Waals surface area contributed by atoms with Gasteiger partial charge in [0, 0.05) is 16.0 Å². The molecule has 0 spiro atoms. The van der Waals surface area contributed by atoms with Crippen LogP contribution in [0.1, 0.15) is 17.3 Å². The number of ether oxygens (including phenoxy) is 1. The van der Waals surface area contributed by atoms with E-state index in [1.807, 2.05) is 36.4 Å². The first-order chi connectivity index (χ1) is 10.2. The number of rotatable bonds is 3. The van der Waals surface area contributed by atoms with Crippen LogP contribution in [0.15, 0.2) is 52.9 Å². The normalized spacial score (nSPS) is 10.8. The fourth-order valence-electron chi connectivity index (χ4n) is 2.26. The second kappa shape index (κ2) is 5.62. The summed E-state index contributed by atoms with van der Waals surface area (Å²) in [7, 11) is 0. The second-order valence-electron chi connectivity index (χ2n) is 4.53. The molecular formula is C17H13ClO3. The van der Waals surface area contributed by atoms with Gasteiger partial charge in [0.25, 0.3) is 0 Å². The Morgan fingerprint density at radius 2 is 1.86 bits per heavy atom. The SMILES string of the molecule is CCOC(=O)c1c(-c2ccc(Cl)cc2)oc2ccccc12. The lowest BCUT2D eigenvalue weighted by atomic mass is 10.1. The highest BCUT2D eigenvalue weighted by Gasteiger charge is 2.22. The van der Waals surface area contributed by atoms with Gasteiger partial charge in [-0.1, -0.05) is 29.8 Å². The number of halogens is 1. The van der Waals surface area contributed by atoms with Crippen LogP contribution in [-0.4, -0.2) is 12.6 Å². The van der Waals surface area contributed by atoms with E-state index < -0.39 is 0 Å². The number of fused-ring (bicyclic) bond motifs is 1. The summed E-state index contributed by atoms with van der Waals surface area (Å²) in [5, 5.41) is 1.38. The summed E-state index contributed by atoms with van der Waals surface area (Å²) in [6, 6.07) is 14.6. The second-order valence-corrected chi connectivity index (χ2v) is 4.97. The van der Waals surface area contributed by atoms with Crippen molar-refractivity contribution in [1.29, 1.82) is 0 Å². The van der Waals surface area contributed by atoms with Crippen molar-refractivity contribution in [2.75, 3.05) is 6.61 Å². The Balaban J connectivity index is 2.23. The van der Waals surface area contributed by atoms with Crippen molar-refractivity contribution in [3.8, 4) is 11.3 Å². The van der Waals surface area contributed by atoms with E-state index in [2.05, 4.69) is 0 Å². The third-order valence-electron chi connectivity index (χ3n) is 3.18. The summed E-state index contributed by atoms with van der Waals surface area (Å²) in [6.45, 7) is 2.10. The van der Waals surface area contributed by atoms with Gasteiger partial charge in [0.15, 0.2) is 0 Å². The van der Waals surface area contributed by atoms with Crippen LogP contribution in [-0.2, 0) is 4.74 Å². The lowest BCUT2D eigenvalue weighted by Gasteiger charge is -2.03. The van der Waals surface area contributed by atoms with Gasteiger partial charge < -0.3 is 9.15 Å². The summed E-state index contributed by atoms with van der Waals surface area (Å²) in [5.41, 5.74) is 1.90. The Kier molecular flexibility index (Phi) is 3.67. The first-order valence-corrected chi connectivity index (χ1v) is 7.03. The summed E-state index contributed by atoms with van der Waals surface area (Å²) in [4.78, 5) is 12.3. The molecule has 0 radical (unpaired) electrons. The number of carbonyl (C=O) groups excluding carboxylic acids is 1. The van der Waals surface area contributed by atoms with Crippen molar-refractivity contribution >= 4 is 28.5 Å². The molecule has 3 aromatic rings. The maximum absolute atomic E-state index is 12.3. The molecule has 0 aliphatic rings. The van der Waals surface area contributed by atoms with Crippen molar-refractivity contribution in [3.63, 3.8) is 0 Å². The highest BCUT2D eigenvalue weighted by atomic mass is 35.5. The third kappa shape index (κ3) is 2.52. The fourth-order valence-corrected chi connectivity index (χ4v) is 2.38. The van der Waals surface area contributed by atoms with E-state index in [-0.39, 0.29) is 5.97 Å². The van der Waals surface area contributed by atoms with Gasteiger partial charge in [0.05, 0.1) is 6.61 Å². The summed E-state index contributed by atoms with van der Waals surface area (Å²) in [6.07, 6.45) is 0. The van der Waals surface area contributed by atoms with Crippen LogP contribution in [0, 0.1) is 0 Å². The Labute approximate surface area is 127 Å². The molecule has 0 aliphatic heterocycles. The van der Waals surface area contributed by atoms with Crippen LogP contribution < -0.4 is 0 Å². The van der Waals surface area contributed by atoms with Crippen LogP contribution >= 0.6 is 11.6 Å². The zero-order chi connectivity index (χ0) is 14.8. The van der Waals surface area contributed by atoms with Crippen molar-refractivity contribution in [2.45, 2.75) is 6.92 Å². The zero-order valence-corrected chi connectivity index (χ0v) is 12.2. The lowest BCUT2D eigenvalue weighted by Crippen LogP contribution is -2.05. The first kappa shape index (κ1) is 13.7. The van der Waals surface area contributed by atoms with Crippen molar-refractivity contribution in [2.24, 2.45) is 0 Å². The molecule has 3 nitrogen and oxygen atoms in total. The Bertz CT molecular complexity index is 787. The topological polar surface area (TPSA) is 39.4 Å². The van der Waals surface area contributed by atoms with Gasteiger partial charge in [-0.2, -0.15) is 0 Å². The van der Waals surface area contributed by atoms with Gasteiger partial charge in [-0.3, -0.25) is 0 Å². The van der Waals surface area contributed by atoms with Gasteiger partial charge in [0.2, 0.25) is 0 Å². The maximum Gasteiger partial charge on any atom is 0.342 e. The monoisotopic (exact) mass is 300 g/mol. The van der Waals surface area contributed by atoms with Gasteiger partial charge in [-0.25, -0.2) is 4.79 Å². The molecule has 0 aliphatic carbocycles. The molecule has 0 unspecified atom stereocenters. The Hall–Kier alpha value is -2.26. The minimum Gasteiger partial charge on any atom is -0.462 e. The molecule has 106 valence electrons. The molecule has 0 saturated heterocycles. The van der Waals surface area contributed by atoms with Gasteiger partial charge >= 0.3 is 5.97 Å². The predicted octanol–water partition coefficient (Wildman–Crippen LogP) is 4.93. The Morgan fingerprint density at radius 1 is 1.14 bits per heavy atom. The van der Waals surface area contributed by atoms with E-state index >= 15 is 0 Å². The molecule has 0 bridgehead atoms. The van der Waals surface area contributed by atoms with Crippen LogP contribution in [0.4, 0.5) is 0 Å².